The summed E-state index contributed by atoms with van der Waals surface area (Å²) >= 11 is 0. The maximum absolute atomic E-state index is 13.4. The molecule has 2 saturated heterocycles. The molecule has 0 bridgehead atoms. The Hall–Kier alpha value is -2.15. The normalized spacial score (nSPS) is 30.7. The number of piperidine rings is 1. The number of amides is 2. The number of aliphatic hydroxyl groups excluding tert-OH is 1. The Morgan fingerprint density at radius 2 is 2.00 bits per heavy atom. The first-order valence-electron chi connectivity index (χ1n) is 10.4. The quantitative estimate of drug-likeness (QED) is 0.831. The van der Waals surface area contributed by atoms with Crippen LogP contribution in [0.3, 0.4) is 0 Å². The first-order valence-corrected chi connectivity index (χ1v) is 10.4. The first kappa shape index (κ1) is 19.2. The highest BCUT2D eigenvalue weighted by molar-refractivity contribution is 5.88. The van der Waals surface area contributed by atoms with E-state index in [0.29, 0.717) is 24.2 Å². The summed E-state index contributed by atoms with van der Waals surface area (Å²) in [5, 5.41) is 12.5. The number of pyridine rings is 1. The second kappa shape index (κ2) is 7.70. The third kappa shape index (κ3) is 3.72. The number of nitrogens with one attached hydrogen (secondary N) is 1. The molecule has 0 aromatic carbocycles. The standard InChI is InChI=1S/C21H30N4O3/c1-15(26)23-16-3-8-19(22-13-16)24-11-2-9-21(14-24)10-12-25(20(21)28)17-4-6-18(27)7-5-17/h3,8,13,17-18,27H,2,4-7,9-12,14H2,1H3,(H,23,26)/t17?,18?,21-/m0/s1. The summed E-state index contributed by atoms with van der Waals surface area (Å²) in [6.45, 7) is 3.93. The Morgan fingerprint density at radius 1 is 1.21 bits per heavy atom. The minimum atomic E-state index is -0.299. The molecule has 152 valence electrons. The van der Waals surface area contributed by atoms with Crippen molar-refractivity contribution in [3.8, 4) is 0 Å². The summed E-state index contributed by atoms with van der Waals surface area (Å²) in [6.07, 6.45) is 7.75. The number of aliphatic hydroxyl groups is 1. The molecule has 3 heterocycles. The molecule has 2 N–H and O–H groups in total. The van der Waals surface area contributed by atoms with Crippen LogP contribution >= 0.6 is 0 Å². The zero-order valence-corrected chi connectivity index (χ0v) is 16.6. The van der Waals surface area contributed by atoms with Crippen molar-refractivity contribution in [3.63, 3.8) is 0 Å². The Bertz CT molecular complexity index is 730. The zero-order valence-electron chi connectivity index (χ0n) is 16.6. The summed E-state index contributed by atoms with van der Waals surface area (Å²) in [7, 11) is 0. The highest BCUT2D eigenvalue weighted by atomic mass is 16.3. The number of aromatic nitrogens is 1. The van der Waals surface area contributed by atoms with Crippen LogP contribution in [0, 0.1) is 5.41 Å². The lowest BCUT2D eigenvalue weighted by atomic mass is 9.78. The molecular weight excluding hydrogens is 356 g/mol. The number of likely N-dealkylation sites (tertiary alicyclic amines) is 1. The molecule has 1 aromatic heterocycles. The molecule has 3 fully saturated rings. The monoisotopic (exact) mass is 386 g/mol. The lowest BCUT2D eigenvalue weighted by Gasteiger charge is -2.41. The fourth-order valence-corrected chi connectivity index (χ4v) is 5.12. The molecule has 1 atom stereocenters. The molecular formula is C21H30N4O3. The van der Waals surface area contributed by atoms with Crippen LogP contribution in [0.25, 0.3) is 0 Å². The van der Waals surface area contributed by atoms with E-state index >= 15 is 0 Å². The number of hydrogen-bond acceptors (Lipinski definition) is 5. The van der Waals surface area contributed by atoms with Crippen LogP contribution in [-0.4, -0.2) is 58.6 Å². The van der Waals surface area contributed by atoms with Crippen molar-refractivity contribution >= 4 is 23.3 Å². The maximum atomic E-state index is 13.4. The molecule has 1 aromatic rings. The molecule has 2 amide bonds. The number of carbonyl (C=O) groups is 2. The van der Waals surface area contributed by atoms with Gasteiger partial charge in [-0.3, -0.25) is 9.59 Å². The average Bonchev–Trinajstić information content (AvgIpc) is 2.98. The van der Waals surface area contributed by atoms with Crippen LogP contribution in [-0.2, 0) is 9.59 Å². The lowest BCUT2D eigenvalue weighted by molar-refractivity contribution is -0.139. The third-order valence-electron chi connectivity index (χ3n) is 6.62. The van der Waals surface area contributed by atoms with Crippen LogP contribution in [0.1, 0.15) is 51.9 Å². The van der Waals surface area contributed by atoms with E-state index in [1.165, 1.54) is 6.92 Å². The van der Waals surface area contributed by atoms with Crippen molar-refractivity contribution in [1.82, 2.24) is 9.88 Å². The van der Waals surface area contributed by atoms with Gasteiger partial charge in [0, 0.05) is 32.6 Å². The second-order valence-corrected chi connectivity index (χ2v) is 8.60. The SMILES string of the molecule is CC(=O)Nc1ccc(N2CCC[C@]3(CCN(C4CCC(O)CC4)C3=O)C2)nc1. The highest BCUT2D eigenvalue weighted by Gasteiger charge is 2.50. The Kier molecular flexibility index (Phi) is 5.27. The fraction of sp³-hybridized carbons (Fsp3) is 0.667. The van der Waals surface area contributed by atoms with E-state index in [-0.39, 0.29) is 17.4 Å². The zero-order chi connectivity index (χ0) is 19.7. The smallest absolute Gasteiger partial charge is 0.230 e. The van der Waals surface area contributed by atoms with Gasteiger partial charge < -0.3 is 20.2 Å². The summed E-state index contributed by atoms with van der Waals surface area (Å²) in [4.78, 5) is 33.4. The number of hydrogen-bond donors (Lipinski definition) is 2. The number of carbonyl (C=O) groups excluding carboxylic acids is 2. The topological polar surface area (TPSA) is 85.8 Å². The molecule has 1 saturated carbocycles. The highest BCUT2D eigenvalue weighted by Crippen LogP contribution is 2.43. The maximum Gasteiger partial charge on any atom is 0.230 e. The Labute approximate surface area is 166 Å². The van der Waals surface area contributed by atoms with E-state index in [1.54, 1.807) is 6.20 Å². The molecule has 28 heavy (non-hydrogen) atoms. The van der Waals surface area contributed by atoms with Gasteiger partial charge in [0.15, 0.2) is 0 Å². The van der Waals surface area contributed by atoms with E-state index in [9.17, 15) is 14.7 Å². The van der Waals surface area contributed by atoms with Gasteiger partial charge in [0.05, 0.1) is 23.4 Å². The van der Waals surface area contributed by atoms with Gasteiger partial charge in [-0.05, 0) is 57.1 Å². The van der Waals surface area contributed by atoms with Crippen molar-refractivity contribution in [2.24, 2.45) is 5.41 Å². The van der Waals surface area contributed by atoms with Gasteiger partial charge in [-0.1, -0.05) is 0 Å². The van der Waals surface area contributed by atoms with Gasteiger partial charge in [-0.15, -0.1) is 0 Å². The van der Waals surface area contributed by atoms with Gasteiger partial charge in [0.2, 0.25) is 11.8 Å². The predicted octanol–water partition coefficient (Wildman–Crippen LogP) is 2.16. The third-order valence-corrected chi connectivity index (χ3v) is 6.62. The molecule has 0 radical (unpaired) electrons. The molecule has 3 aliphatic rings. The van der Waals surface area contributed by atoms with Gasteiger partial charge in [-0.25, -0.2) is 4.98 Å². The lowest BCUT2D eigenvalue weighted by Crippen LogP contribution is -2.50. The van der Waals surface area contributed by atoms with Crippen molar-refractivity contribution in [2.45, 2.75) is 64.0 Å². The molecule has 7 nitrogen and oxygen atoms in total. The van der Waals surface area contributed by atoms with Gasteiger partial charge in [0.25, 0.3) is 0 Å². The second-order valence-electron chi connectivity index (χ2n) is 8.60. The van der Waals surface area contributed by atoms with E-state index in [2.05, 4.69) is 20.1 Å². The van der Waals surface area contributed by atoms with E-state index in [4.69, 9.17) is 0 Å². The number of anilines is 2. The number of nitrogens with zero attached hydrogens (tertiary/aromatic N) is 3. The molecule has 4 rings (SSSR count). The van der Waals surface area contributed by atoms with Gasteiger partial charge in [-0.2, -0.15) is 0 Å². The van der Waals surface area contributed by atoms with Crippen molar-refractivity contribution in [2.75, 3.05) is 29.9 Å². The van der Waals surface area contributed by atoms with E-state index in [1.807, 2.05) is 12.1 Å². The Morgan fingerprint density at radius 3 is 2.68 bits per heavy atom. The van der Waals surface area contributed by atoms with E-state index in [0.717, 1.165) is 63.9 Å². The van der Waals surface area contributed by atoms with Gasteiger partial charge in [0.1, 0.15) is 5.82 Å². The van der Waals surface area contributed by atoms with Gasteiger partial charge >= 0.3 is 0 Å². The fourth-order valence-electron chi connectivity index (χ4n) is 5.12. The minimum absolute atomic E-state index is 0.113. The molecule has 7 heteroatoms. The summed E-state index contributed by atoms with van der Waals surface area (Å²) in [5.74, 6) is 1.05. The van der Waals surface area contributed by atoms with Crippen LogP contribution in [0.4, 0.5) is 11.5 Å². The van der Waals surface area contributed by atoms with Crippen LogP contribution < -0.4 is 10.2 Å². The largest absolute Gasteiger partial charge is 0.393 e. The summed E-state index contributed by atoms with van der Waals surface area (Å²) in [6, 6.07) is 4.08. The van der Waals surface area contributed by atoms with Crippen molar-refractivity contribution in [1.29, 1.82) is 0 Å². The summed E-state index contributed by atoms with van der Waals surface area (Å²) < 4.78 is 0. The Balaban J connectivity index is 1.44. The van der Waals surface area contributed by atoms with Crippen LogP contribution in [0.2, 0.25) is 0 Å². The van der Waals surface area contributed by atoms with Crippen molar-refractivity contribution < 1.29 is 14.7 Å². The van der Waals surface area contributed by atoms with Crippen LogP contribution in [0.15, 0.2) is 18.3 Å². The predicted molar refractivity (Wildman–Crippen MR) is 107 cm³/mol. The van der Waals surface area contributed by atoms with Crippen LogP contribution in [0.5, 0.6) is 0 Å². The molecule has 2 aliphatic heterocycles. The molecule has 1 spiro atoms. The van der Waals surface area contributed by atoms with E-state index < -0.39 is 0 Å². The number of rotatable bonds is 3. The van der Waals surface area contributed by atoms with Crippen molar-refractivity contribution in [3.05, 3.63) is 18.3 Å². The molecule has 1 aliphatic carbocycles. The minimum Gasteiger partial charge on any atom is -0.393 e. The first-order chi connectivity index (χ1) is 13.5. The average molecular weight is 386 g/mol. The summed E-state index contributed by atoms with van der Waals surface area (Å²) in [5.41, 5.74) is 0.386. The molecule has 0 unspecified atom stereocenters.